The molecule has 1 aromatic heterocycles. The molecule has 3 heterocycles. The Morgan fingerprint density at radius 1 is 1.36 bits per heavy atom. The molecule has 0 aromatic carbocycles. The molecule has 2 aliphatic rings. The fourth-order valence-corrected chi connectivity index (χ4v) is 5.17. The number of hydrogen-bond acceptors (Lipinski definition) is 7. The van der Waals surface area contributed by atoms with E-state index in [0.717, 1.165) is 25.9 Å². The van der Waals surface area contributed by atoms with Crippen molar-refractivity contribution in [1.29, 1.82) is 0 Å². The lowest BCUT2D eigenvalue weighted by molar-refractivity contribution is -0.140. The molecule has 1 aromatic rings. The average molecular weight is 371 g/mol. The third kappa shape index (κ3) is 4.56. The van der Waals surface area contributed by atoms with Crippen LogP contribution in [0.4, 0.5) is 0 Å². The Morgan fingerprint density at radius 3 is 2.84 bits per heavy atom. The third-order valence-electron chi connectivity index (χ3n) is 4.79. The molecule has 0 amide bonds. The maximum atomic E-state index is 12.4. The molecule has 2 fully saturated rings. The first-order chi connectivity index (χ1) is 12.0. The molecule has 140 valence electrons. The second kappa shape index (κ2) is 7.79. The summed E-state index contributed by atoms with van der Waals surface area (Å²) in [5.74, 6) is -0.0586. The van der Waals surface area contributed by atoms with Crippen LogP contribution in [0.3, 0.4) is 0 Å². The molecular weight excluding hydrogens is 346 g/mol. The fraction of sp³-hybridized carbons (Fsp3) is 0.800. The highest BCUT2D eigenvalue weighted by atomic mass is 32.2. The predicted octanol–water partition coefficient (Wildman–Crippen LogP) is -0.159. The maximum Gasteiger partial charge on any atom is 0.305 e. The summed E-state index contributed by atoms with van der Waals surface area (Å²) in [5, 5.41) is 8.07. The number of aryl methyl sites for hydroxylation is 1. The zero-order valence-corrected chi connectivity index (χ0v) is 15.3. The lowest BCUT2D eigenvalue weighted by Crippen LogP contribution is -2.36. The number of aromatic nitrogens is 3. The van der Waals surface area contributed by atoms with Crippen molar-refractivity contribution in [3.8, 4) is 0 Å². The molecule has 1 unspecified atom stereocenters. The van der Waals surface area contributed by atoms with Crippen LogP contribution in [0.1, 0.15) is 31.4 Å². The van der Waals surface area contributed by atoms with Crippen molar-refractivity contribution < 1.29 is 17.9 Å². The van der Waals surface area contributed by atoms with Gasteiger partial charge in [-0.05, 0) is 32.4 Å². The first-order valence-corrected chi connectivity index (χ1v) is 10.3. The van der Waals surface area contributed by atoms with Gasteiger partial charge in [-0.2, -0.15) is 4.31 Å². The van der Waals surface area contributed by atoms with Crippen molar-refractivity contribution in [1.82, 2.24) is 24.2 Å². The number of rotatable bonds is 7. The van der Waals surface area contributed by atoms with Crippen LogP contribution in [0.2, 0.25) is 0 Å². The molecule has 9 nitrogen and oxygen atoms in total. The molecule has 0 spiro atoms. The van der Waals surface area contributed by atoms with Crippen molar-refractivity contribution in [2.24, 2.45) is 0 Å². The van der Waals surface area contributed by atoms with Gasteiger partial charge in [-0.15, -0.1) is 5.10 Å². The van der Waals surface area contributed by atoms with Crippen LogP contribution >= 0.6 is 0 Å². The van der Waals surface area contributed by atoms with Crippen molar-refractivity contribution in [3.63, 3.8) is 0 Å². The van der Waals surface area contributed by atoms with Crippen molar-refractivity contribution in [2.45, 2.75) is 44.8 Å². The minimum atomic E-state index is -3.24. The number of esters is 1. The van der Waals surface area contributed by atoms with Gasteiger partial charge in [-0.25, -0.2) is 8.42 Å². The summed E-state index contributed by atoms with van der Waals surface area (Å²) in [6.07, 6.45) is 4.97. The molecule has 0 bridgehead atoms. The van der Waals surface area contributed by atoms with Gasteiger partial charge in [0.15, 0.2) is 0 Å². The number of nitrogens with zero attached hydrogens (tertiary/aromatic N) is 5. The molecular formula is C15H25N5O4S. The highest BCUT2D eigenvalue weighted by Crippen LogP contribution is 2.23. The van der Waals surface area contributed by atoms with E-state index < -0.39 is 10.0 Å². The summed E-state index contributed by atoms with van der Waals surface area (Å²) in [6, 6.07) is 0.0857. The van der Waals surface area contributed by atoms with E-state index in [0.29, 0.717) is 31.6 Å². The Bertz CT molecular complexity index is 699. The fourth-order valence-electron chi connectivity index (χ4n) is 3.43. The lowest BCUT2D eigenvalue weighted by Gasteiger charge is -2.21. The van der Waals surface area contributed by atoms with Gasteiger partial charge in [-0.3, -0.25) is 14.4 Å². The third-order valence-corrected chi connectivity index (χ3v) is 6.66. The van der Waals surface area contributed by atoms with Crippen LogP contribution in [0.25, 0.3) is 0 Å². The SMILES string of the molecule is COC(=O)CCCn1cc(CN2CC(N3CCCC3)CS2(=O)=O)nn1. The van der Waals surface area contributed by atoms with Gasteiger partial charge < -0.3 is 4.74 Å². The van der Waals surface area contributed by atoms with Crippen LogP contribution < -0.4 is 0 Å². The van der Waals surface area contributed by atoms with Crippen LogP contribution in [0, 0.1) is 0 Å². The molecule has 0 saturated carbocycles. The van der Waals surface area contributed by atoms with Crippen LogP contribution in [0.5, 0.6) is 0 Å². The Morgan fingerprint density at radius 2 is 2.12 bits per heavy atom. The first-order valence-electron chi connectivity index (χ1n) is 8.65. The van der Waals surface area contributed by atoms with E-state index in [-0.39, 0.29) is 24.3 Å². The number of hydrogen-bond donors (Lipinski definition) is 0. The summed E-state index contributed by atoms with van der Waals surface area (Å²) >= 11 is 0. The molecule has 1 atom stereocenters. The van der Waals surface area contributed by atoms with Gasteiger partial charge in [-0.1, -0.05) is 5.21 Å². The normalized spacial score (nSPS) is 24.0. The molecule has 10 heteroatoms. The Kier molecular flexibility index (Phi) is 5.70. The van der Waals surface area contributed by atoms with Gasteiger partial charge in [0, 0.05) is 31.7 Å². The highest BCUT2D eigenvalue weighted by Gasteiger charge is 2.39. The molecule has 2 aliphatic heterocycles. The Labute approximate surface area is 148 Å². The molecule has 2 saturated heterocycles. The van der Waals surface area contributed by atoms with Crippen LogP contribution in [-0.2, 0) is 32.6 Å². The van der Waals surface area contributed by atoms with Gasteiger partial charge in [0.25, 0.3) is 0 Å². The van der Waals surface area contributed by atoms with Gasteiger partial charge in [0.2, 0.25) is 10.0 Å². The summed E-state index contributed by atoms with van der Waals surface area (Å²) in [6.45, 7) is 3.31. The minimum Gasteiger partial charge on any atom is -0.469 e. The largest absolute Gasteiger partial charge is 0.469 e. The van der Waals surface area contributed by atoms with E-state index in [1.165, 1.54) is 11.4 Å². The standard InChI is InChI=1S/C15H25N5O4S/c1-24-15(21)5-4-8-19-9-13(16-17-19)10-20-11-14(12-25(20,22)23)18-6-2-3-7-18/h9,14H,2-8,10-12H2,1H3. The van der Waals surface area contributed by atoms with Crippen LogP contribution in [0.15, 0.2) is 6.20 Å². The topological polar surface area (TPSA) is 97.6 Å². The first kappa shape index (κ1) is 18.3. The Balaban J connectivity index is 1.54. The number of sulfonamides is 1. The number of methoxy groups -OCH3 is 1. The van der Waals surface area contributed by atoms with E-state index >= 15 is 0 Å². The van der Waals surface area contributed by atoms with Crippen molar-refractivity contribution in [2.75, 3.05) is 32.5 Å². The van der Waals surface area contributed by atoms with E-state index in [1.54, 1.807) is 10.9 Å². The van der Waals surface area contributed by atoms with E-state index in [9.17, 15) is 13.2 Å². The highest BCUT2D eigenvalue weighted by molar-refractivity contribution is 7.89. The predicted molar refractivity (Wildman–Crippen MR) is 90.1 cm³/mol. The van der Waals surface area contributed by atoms with Crippen molar-refractivity contribution in [3.05, 3.63) is 11.9 Å². The number of likely N-dealkylation sites (tertiary alicyclic amines) is 1. The van der Waals surface area contributed by atoms with E-state index in [2.05, 4.69) is 19.9 Å². The molecule has 0 aliphatic carbocycles. The molecule has 0 radical (unpaired) electrons. The van der Waals surface area contributed by atoms with Gasteiger partial charge in [0.1, 0.15) is 0 Å². The number of carbonyl (C=O) groups is 1. The quantitative estimate of drug-likeness (QED) is 0.614. The van der Waals surface area contributed by atoms with E-state index in [1.807, 2.05) is 0 Å². The zero-order chi connectivity index (χ0) is 17.9. The lowest BCUT2D eigenvalue weighted by atomic mass is 10.3. The minimum absolute atomic E-state index is 0.0857. The summed E-state index contributed by atoms with van der Waals surface area (Å²) in [5.41, 5.74) is 0.628. The maximum absolute atomic E-state index is 12.4. The summed E-state index contributed by atoms with van der Waals surface area (Å²) < 4.78 is 32.6. The molecule has 25 heavy (non-hydrogen) atoms. The molecule has 3 rings (SSSR count). The summed E-state index contributed by atoms with van der Waals surface area (Å²) in [4.78, 5) is 13.4. The van der Waals surface area contributed by atoms with Crippen molar-refractivity contribution >= 4 is 16.0 Å². The second-order valence-corrected chi connectivity index (χ2v) is 8.63. The zero-order valence-electron chi connectivity index (χ0n) is 14.5. The Hall–Kier alpha value is -1.52. The summed E-state index contributed by atoms with van der Waals surface area (Å²) in [7, 11) is -1.88. The van der Waals surface area contributed by atoms with Gasteiger partial charge >= 0.3 is 5.97 Å². The average Bonchev–Trinajstić information content (AvgIpc) is 3.29. The number of ether oxygens (including phenoxy) is 1. The van der Waals surface area contributed by atoms with Gasteiger partial charge in [0.05, 0.1) is 25.1 Å². The second-order valence-electron chi connectivity index (χ2n) is 6.62. The monoisotopic (exact) mass is 371 g/mol. The van der Waals surface area contributed by atoms with Crippen LogP contribution in [-0.4, -0.2) is 77.1 Å². The molecule has 0 N–H and O–H groups in total. The smallest absolute Gasteiger partial charge is 0.305 e. The van der Waals surface area contributed by atoms with E-state index in [4.69, 9.17) is 0 Å². The number of carbonyl (C=O) groups excluding carboxylic acids is 1.